The van der Waals surface area contributed by atoms with Gasteiger partial charge in [0.1, 0.15) is 5.69 Å². The summed E-state index contributed by atoms with van der Waals surface area (Å²) in [5.41, 5.74) is 0.811. The first kappa shape index (κ1) is 17.5. The van der Waals surface area contributed by atoms with Crippen LogP contribution in [0.15, 0.2) is 41.2 Å². The second-order valence-electron chi connectivity index (χ2n) is 5.00. The van der Waals surface area contributed by atoms with Crippen LogP contribution >= 0.6 is 11.3 Å². The van der Waals surface area contributed by atoms with Gasteiger partial charge in [0.25, 0.3) is 5.91 Å². The number of nitriles is 1. The second-order valence-corrected chi connectivity index (χ2v) is 5.72. The molecule has 0 fully saturated rings. The third-order valence-electron chi connectivity index (χ3n) is 3.31. The smallest absolute Gasteiger partial charge is 0.304 e. The molecule has 0 spiro atoms. The van der Waals surface area contributed by atoms with Crippen LogP contribution < -0.4 is 5.32 Å². The highest BCUT2D eigenvalue weighted by Crippen LogP contribution is 2.33. The first-order valence-corrected chi connectivity index (χ1v) is 7.98. The van der Waals surface area contributed by atoms with E-state index in [9.17, 15) is 18.0 Å². The Morgan fingerprint density at radius 3 is 2.58 bits per heavy atom. The van der Waals surface area contributed by atoms with Crippen LogP contribution in [0.3, 0.4) is 0 Å². The number of anilines is 1. The number of aromatic nitrogens is 3. The molecule has 10 heteroatoms. The summed E-state index contributed by atoms with van der Waals surface area (Å²) in [5, 5.41) is 20.7. The molecule has 0 atom stereocenters. The van der Waals surface area contributed by atoms with Crippen molar-refractivity contribution in [1.82, 2.24) is 15.2 Å². The van der Waals surface area contributed by atoms with E-state index in [1.54, 1.807) is 5.38 Å². The lowest BCUT2D eigenvalue weighted by Crippen LogP contribution is -2.13. The highest BCUT2D eigenvalue weighted by Gasteiger charge is 2.33. The van der Waals surface area contributed by atoms with E-state index in [4.69, 9.17) is 5.26 Å². The van der Waals surface area contributed by atoms with E-state index in [1.165, 1.54) is 41.1 Å². The number of halogens is 3. The Morgan fingerprint density at radius 2 is 2.00 bits per heavy atom. The number of nitrogens with zero attached hydrogens (tertiary/aromatic N) is 4. The Bertz CT molecular complexity index is 979. The number of benzene rings is 1. The van der Waals surface area contributed by atoms with E-state index >= 15 is 0 Å². The zero-order valence-electron chi connectivity index (χ0n) is 12.8. The highest BCUT2D eigenvalue weighted by molar-refractivity contribution is 7.07. The van der Waals surface area contributed by atoms with E-state index < -0.39 is 23.2 Å². The third-order valence-corrected chi connectivity index (χ3v) is 3.90. The molecule has 3 aromatic rings. The van der Waals surface area contributed by atoms with E-state index in [-0.39, 0.29) is 17.2 Å². The average Bonchev–Trinajstić information content (AvgIpc) is 3.16. The number of hydrogen-bond acceptors (Lipinski definition) is 6. The lowest BCUT2D eigenvalue weighted by atomic mass is 10.0. The second kappa shape index (κ2) is 6.89. The number of carbonyl (C=O) groups excluding carboxylic acids is 1. The topological polar surface area (TPSA) is 91.6 Å². The van der Waals surface area contributed by atoms with Crippen molar-refractivity contribution in [3.8, 4) is 17.3 Å². The van der Waals surface area contributed by atoms with Gasteiger partial charge in [-0.3, -0.25) is 4.79 Å². The van der Waals surface area contributed by atoms with Gasteiger partial charge in [0.05, 0.1) is 28.4 Å². The molecule has 3 rings (SSSR count). The molecule has 0 aliphatic carbocycles. The van der Waals surface area contributed by atoms with E-state index in [0.29, 0.717) is 5.56 Å². The molecule has 0 aliphatic heterocycles. The Morgan fingerprint density at radius 1 is 1.19 bits per heavy atom. The van der Waals surface area contributed by atoms with Crippen molar-refractivity contribution in [1.29, 1.82) is 5.26 Å². The van der Waals surface area contributed by atoms with Crippen molar-refractivity contribution in [3.05, 3.63) is 58.0 Å². The van der Waals surface area contributed by atoms with Crippen molar-refractivity contribution in [2.45, 2.75) is 6.18 Å². The monoisotopic (exact) mass is 375 g/mol. The summed E-state index contributed by atoms with van der Waals surface area (Å²) in [6.07, 6.45) is -4.61. The van der Waals surface area contributed by atoms with E-state index in [2.05, 4.69) is 20.5 Å². The van der Waals surface area contributed by atoms with Crippen LogP contribution in [0.4, 0.5) is 19.0 Å². The van der Waals surface area contributed by atoms with Crippen LogP contribution in [-0.4, -0.2) is 21.1 Å². The van der Waals surface area contributed by atoms with Gasteiger partial charge in [0.2, 0.25) is 0 Å². The molecule has 0 aliphatic rings. The number of nitrogens with one attached hydrogen (secondary N) is 1. The van der Waals surface area contributed by atoms with Crippen LogP contribution in [0.2, 0.25) is 0 Å². The van der Waals surface area contributed by atoms with Gasteiger partial charge in [-0.2, -0.15) is 18.4 Å². The minimum absolute atomic E-state index is 0.166. The highest BCUT2D eigenvalue weighted by atomic mass is 32.1. The summed E-state index contributed by atoms with van der Waals surface area (Å²) in [6, 6.07) is 7.60. The normalized spacial score (nSPS) is 11.0. The number of hydrogen-bond donors (Lipinski definition) is 1. The molecule has 1 N–H and O–H groups in total. The molecule has 2 heterocycles. The molecule has 2 aromatic heterocycles. The maximum atomic E-state index is 12.8. The number of carbonyl (C=O) groups is 1. The zero-order valence-corrected chi connectivity index (χ0v) is 13.6. The predicted octanol–water partition coefficient (Wildman–Crippen LogP) is 3.74. The molecular formula is C16H8F3N5OS. The van der Waals surface area contributed by atoms with Crippen molar-refractivity contribution in [2.75, 3.05) is 5.32 Å². The SMILES string of the molecule is N#Cc1cc(-c2ccc(NC(=O)c3cscn3)nn2)ccc1C(F)(F)F. The van der Waals surface area contributed by atoms with Crippen molar-refractivity contribution >= 4 is 23.1 Å². The summed E-state index contributed by atoms with van der Waals surface area (Å²) in [5.74, 6) is -0.284. The van der Waals surface area contributed by atoms with Crippen molar-refractivity contribution < 1.29 is 18.0 Å². The Hall–Kier alpha value is -3.32. The fraction of sp³-hybridized carbons (Fsp3) is 0.0625. The molecule has 0 bridgehead atoms. The maximum absolute atomic E-state index is 12.8. The first-order valence-electron chi connectivity index (χ1n) is 7.03. The first-order chi connectivity index (χ1) is 12.4. The Kier molecular flexibility index (Phi) is 4.64. The van der Waals surface area contributed by atoms with Gasteiger partial charge in [-0.05, 0) is 24.3 Å². The molecule has 130 valence electrons. The van der Waals surface area contributed by atoms with Gasteiger partial charge in [-0.15, -0.1) is 21.5 Å². The van der Waals surface area contributed by atoms with E-state index in [1.807, 2.05) is 0 Å². The Balaban J connectivity index is 1.83. The molecule has 0 unspecified atom stereocenters. The lowest BCUT2D eigenvalue weighted by molar-refractivity contribution is -0.137. The summed E-state index contributed by atoms with van der Waals surface area (Å²) in [6.45, 7) is 0. The van der Waals surface area contributed by atoms with Gasteiger partial charge in [0.15, 0.2) is 5.82 Å². The number of thiazole rings is 1. The van der Waals surface area contributed by atoms with Crippen molar-refractivity contribution in [2.24, 2.45) is 0 Å². The van der Waals surface area contributed by atoms with Gasteiger partial charge >= 0.3 is 6.18 Å². The van der Waals surface area contributed by atoms with Crippen molar-refractivity contribution in [3.63, 3.8) is 0 Å². The quantitative estimate of drug-likeness (QED) is 0.753. The zero-order chi connectivity index (χ0) is 18.7. The predicted molar refractivity (Wildman–Crippen MR) is 87.3 cm³/mol. The van der Waals surface area contributed by atoms with E-state index in [0.717, 1.165) is 12.1 Å². The largest absolute Gasteiger partial charge is 0.417 e. The summed E-state index contributed by atoms with van der Waals surface area (Å²) >= 11 is 1.27. The lowest BCUT2D eigenvalue weighted by Gasteiger charge is -2.10. The third kappa shape index (κ3) is 3.68. The fourth-order valence-corrected chi connectivity index (χ4v) is 2.63. The minimum atomic E-state index is -4.61. The average molecular weight is 375 g/mol. The van der Waals surface area contributed by atoms with Crippen LogP contribution in [0.1, 0.15) is 21.6 Å². The number of rotatable bonds is 3. The van der Waals surface area contributed by atoms with Gasteiger partial charge < -0.3 is 5.32 Å². The van der Waals surface area contributed by atoms with Gasteiger partial charge in [-0.1, -0.05) is 6.07 Å². The molecule has 0 radical (unpaired) electrons. The summed E-state index contributed by atoms with van der Waals surface area (Å²) < 4.78 is 38.5. The number of amides is 1. The standard InChI is InChI=1S/C16H8F3N5OS/c17-16(18,19)11-2-1-9(5-10(11)6-20)12-3-4-14(24-23-12)22-15(25)13-7-26-8-21-13/h1-5,7-8H,(H,22,24,25). The number of alkyl halides is 3. The van der Waals surface area contributed by atoms with Crippen LogP contribution in [0, 0.1) is 11.3 Å². The fourth-order valence-electron chi connectivity index (χ4n) is 2.10. The molecule has 0 saturated carbocycles. The van der Waals surface area contributed by atoms with Crippen LogP contribution in [0.25, 0.3) is 11.3 Å². The summed E-state index contributed by atoms with van der Waals surface area (Å²) in [4.78, 5) is 15.7. The molecule has 1 amide bonds. The summed E-state index contributed by atoms with van der Waals surface area (Å²) in [7, 11) is 0. The molecule has 0 saturated heterocycles. The molecule has 6 nitrogen and oxygen atoms in total. The Labute approximate surface area is 149 Å². The van der Waals surface area contributed by atoms with Crippen LogP contribution in [0.5, 0.6) is 0 Å². The molecule has 1 aromatic carbocycles. The minimum Gasteiger partial charge on any atom is -0.304 e. The van der Waals surface area contributed by atoms with Gasteiger partial charge in [-0.25, -0.2) is 4.98 Å². The van der Waals surface area contributed by atoms with Crippen LogP contribution in [-0.2, 0) is 6.18 Å². The molecular weight excluding hydrogens is 367 g/mol. The maximum Gasteiger partial charge on any atom is 0.417 e. The molecule has 26 heavy (non-hydrogen) atoms. The van der Waals surface area contributed by atoms with Gasteiger partial charge in [0, 0.05) is 10.9 Å².